The third kappa shape index (κ3) is 4.84. The Labute approximate surface area is 131 Å². The Morgan fingerprint density at radius 1 is 1.39 bits per heavy atom. The highest BCUT2D eigenvalue weighted by Crippen LogP contribution is 2.51. The van der Waals surface area contributed by atoms with Crippen LogP contribution in [0.25, 0.3) is 0 Å². The van der Waals surface area contributed by atoms with Crippen LogP contribution in [0.4, 0.5) is 13.2 Å². The van der Waals surface area contributed by atoms with E-state index in [1.54, 1.807) is 6.07 Å². The van der Waals surface area contributed by atoms with Crippen molar-refractivity contribution in [2.75, 3.05) is 13.2 Å². The number of carbonyl (C=O) groups excluding carboxylic acids is 1. The van der Waals surface area contributed by atoms with Gasteiger partial charge in [-0.25, -0.2) is 0 Å². The maximum Gasteiger partial charge on any atom is 0.573 e. The largest absolute Gasteiger partial charge is 0.573 e. The first-order chi connectivity index (χ1) is 10.6. The average molecular weight is 333 g/mol. The van der Waals surface area contributed by atoms with E-state index >= 15 is 0 Å². The van der Waals surface area contributed by atoms with Crippen molar-refractivity contribution >= 4 is 5.91 Å². The first kappa shape index (κ1) is 17.6. The fraction of sp³-hybridized carbons (Fsp3) is 0.533. The van der Waals surface area contributed by atoms with Crippen molar-refractivity contribution in [3.05, 3.63) is 29.8 Å². The molecule has 0 saturated heterocycles. The molecule has 8 heteroatoms. The van der Waals surface area contributed by atoms with Crippen molar-refractivity contribution in [1.29, 1.82) is 0 Å². The molecule has 2 rings (SSSR count). The number of amides is 1. The molecule has 0 unspecified atom stereocenters. The van der Waals surface area contributed by atoms with Gasteiger partial charge in [0.1, 0.15) is 11.4 Å². The predicted molar refractivity (Wildman–Crippen MR) is 74.7 cm³/mol. The van der Waals surface area contributed by atoms with E-state index in [-0.39, 0.29) is 24.1 Å². The topological polar surface area (TPSA) is 78.8 Å². The zero-order valence-corrected chi connectivity index (χ0v) is 12.4. The van der Waals surface area contributed by atoms with Crippen molar-refractivity contribution in [1.82, 2.24) is 5.32 Å². The van der Waals surface area contributed by atoms with E-state index in [4.69, 9.17) is 5.11 Å². The number of alkyl halides is 3. The van der Waals surface area contributed by atoms with Gasteiger partial charge >= 0.3 is 6.36 Å². The van der Waals surface area contributed by atoms with Gasteiger partial charge in [-0.05, 0) is 30.9 Å². The average Bonchev–Trinajstić information content (AvgIpc) is 3.24. The summed E-state index contributed by atoms with van der Waals surface area (Å²) in [5.74, 6) is -1.50. The molecular weight excluding hydrogens is 315 g/mol. The summed E-state index contributed by atoms with van der Waals surface area (Å²) in [6.45, 7) is 0.722. The molecule has 0 spiro atoms. The number of carbonyl (C=O) groups is 1. The Morgan fingerprint density at radius 2 is 2.04 bits per heavy atom. The predicted octanol–water partition coefficient (Wildman–Crippen LogP) is 1.55. The van der Waals surface area contributed by atoms with E-state index < -0.39 is 24.5 Å². The minimum Gasteiger partial charge on any atom is -0.405 e. The van der Waals surface area contributed by atoms with E-state index in [1.807, 2.05) is 0 Å². The normalized spacial score (nSPS) is 23.0. The lowest BCUT2D eigenvalue weighted by Gasteiger charge is -2.20. The fourth-order valence-electron chi connectivity index (χ4n) is 2.30. The Kier molecular flexibility index (Phi) is 4.86. The Morgan fingerprint density at radius 3 is 2.65 bits per heavy atom. The van der Waals surface area contributed by atoms with Crippen molar-refractivity contribution in [2.45, 2.75) is 31.2 Å². The van der Waals surface area contributed by atoms with Crippen LogP contribution in [0.15, 0.2) is 24.3 Å². The molecule has 1 aromatic carbocycles. The quantitative estimate of drug-likeness (QED) is 0.738. The van der Waals surface area contributed by atoms with Crippen LogP contribution in [0.3, 0.4) is 0 Å². The zero-order chi connectivity index (χ0) is 17.3. The first-order valence-corrected chi connectivity index (χ1v) is 7.08. The lowest BCUT2D eigenvalue weighted by molar-refractivity contribution is -0.274. The monoisotopic (exact) mass is 333 g/mol. The third-order valence-corrected chi connectivity index (χ3v) is 3.66. The van der Waals surface area contributed by atoms with Crippen LogP contribution in [0.1, 0.15) is 24.8 Å². The van der Waals surface area contributed by atoms with E-state index in [0.717, 1.165) is 0 Å². The number of para-hydroxylation sites is 1. The number of benzene rings is 1. The molecule has 23 heavy (non-hydrogen) atoms. The lowest BCUT2D eigenvalue weighted by atomic mass is 10.1. The summed E-state index contributed by atoms with van der Waals surface area (Å²) < 4.78 is 41.2. The first-order valence-electron chi connectivity index (χ1n) is 7.08. The van der Waals surface area contributed by atoms with Crippen LogP contribution < -0.4 is 10.1 Å². The van der Waals surface area contributed by atoms with Gasteiger partial charge < -0.3 is 20.3 Å². The highest BCUT2D eigenvalue weighted by Gasteiger charge is 2.46. The summed E-state index contributed by atoms with van der Waals surface area (Å²) in [7, 11) is 0. The molecule has 1 aliphatic rings. The van der Waals surface area contributed by atoms with Crippen LogP contribution in [0.5, 0.6) is 5.75 Å². The molecule has 1 amide bonds. The maximum absolute atomic E-state index is 12.4. The van der Waals surface area contributed by atoms with Crippen LogP contribution in [-0.4, -0.2) is 41.2 Å². The van der Waals surface area contributed by atoms with Gasteiger partial charge in [0.15, 0.2) is 0 Å². The Balaban J connectivity index is 2.00. The standard InChI is InChI=1S/C15H18F3NO4/c1-14(22,8-20)7-19-13(21)11-6-10(11)9-4-2-3-5-12(9)23-15(16,17)18/h2-5,10-11,20,22H,6-8H2,1H3,(H,19,21)/t10-,11+,14+/m0/s1. The number of hydrogen-bond donors (Lipinski definition) is 3. The molecule has 0 aromatic heterocycles. The number of rotatable bonds is 6. The molecule has 1 aromatic rings. The van der Waals surface area contributed by atoms with Gasteiger partial charge in [0.2, 0.25) is 5.91 Å². The van der Waals surface area contributed by atoms with Crippen LogP contribution in [0.2, 0.25) is 0 Å². The minimum absolute atomic E-state index is 0.133. The van der Waals surface area contributed by atoms with Gasteiger partial charge in [-0.15, -0.1) is 13.2 Å². The van der Waals surface area contributed by atoms with Gasteiger partial charge in [0, 0.05) is 12.5 Å². The van der Waals surface area contributed by atoms with Crippen molar-refractivity contribution in [3.8, 4) is 5.75 Å². The molecule has 1 saturated carbocycles. The Hall–Kier alpha value is -1.80. The summed E-state index contributed by atoms with van der Waals surface area (Å²) >= 11 is 0. The molecule has 5 nitrogen and oxygen atoms in total. The second-order valence-corrected chi connectivity index (χ2v) is 5.91. The van der Waals surface area contributed by atoms with Gasteiger partial charge in [-0.3, -0.25) is 4.79 Å². The third-order valence-electron chi connectivity index (χ3n) is 3.66. The number of ether oxygens (including phenoxy) is 1. The van der Waals surface area contributed by atoms with E-state index in [0.29, 0.717) is 12.0 Å². The molecule has 3 atom stereocenters. The summed E-state index contributed by atoms with van der Waals surface area (Å²) in [6.07, 6.45) is -4.38. The fourth-order valence-corrected chi connectivity index (χ4v) is 2.30. The zero-order valence-electron chi connectivity index (χ0n) is 12.4. The van der Waals surface area contributed by atoms with Gasteiger partial charge in [-0.1, -0.05) is 18.2 Å². The molecule has 0 radical (unpaired) electrons. The summed E-state index contributed by atoms with van der Waals surface area (Å²) in [5, 5.41) is 21.0. The molecule has 1 aliphatic carbocycles. The SMILES string of the molecule is C[C@](O)(CO)CNC(=O)[C@@H]1C[C@H]1c1ccccc1OC(F)(F)F. The molecule has 0 aliphatic heterocycles. The molecule has 1 fully saturated rings. The van der Waals surface area contributed by atoms with E-state index in [9.17, 15) is 23.1 Å². The number of aliphatic hydroxyl groups is 2. The summed E-state index contributed by atoms with van der Waals surface area (Å²) in [6, 6.07) is 5.73. The number of nitrogens with one attached hydrogen (secondary N) is 1. The second-order valence-electron chi connectivity index (χ2n) is 5.91. The van der Waals surface area contributed by atoms with Crippen molar-refractivity contribution in [2.24, 2.45) is 5.92 Å². The molecule has 3 N–H and O–H groups in total. The Bertz CT molecular complexity index is 574. The van der Waals surface area contributed by atoms with E-state index in [2.05, 4.69) is 10.1 Å². The number of halogens is 3. The number of hydrogen-bond acceptors (Lipinski definition) is 4. The van der Waals surface area contributed by atoms with Crippen LogP contribution >= 0.6 is 0 Å². The molecular formula is C15H18F3NO4. The number of aliphatic hydroxyl groups excluding tert-OH is 1. The van der Waals surface area contributed by atoms with Gasteiger partial charge in [0.25, 0.3) is 0 Å². The van der Waals surface area contributed by atoms with Gasteiger partial charge in [0.05, 0.1) is 6.61 Å². The smallest absolute Gasteiger partial charge is 0.405 e. The molecule has 128 valence electrons. The van der Waals surface area contributed by atoms with Gasteiger partial charge in [-0.2, -0.15) is 0 Å². The highest BCUT2D eigenvalue weighted by atomic mass is 19.4. The van der Waals surface area contributed by atoms with Crippen LogP contribution in [-0.2, 0) is 4.79 Å². The lowest BCUT2D eigenvalue weighted by Crippen LogP contribution is -2.43. The maximum atomic E-state index is 12.4. The molecule has 0 heterocycles. The summed E-state index contributed by atoms with van der Waals surface area (Å²) in [4.78, 5) is 12.0. The summed E-state index contributed by atoms with van der Waals surface area (Å²) in [5.41, 5.74) is -1.10. The molecule has 0 bridgehead atoms. The van der Waals surface area contributed by atoms with Crippen LogP contribution in [0, 0.1) is 5.92 Å². The van der Waals surface area contributed by atoms with Crippen molar-refractivity contribution in [3.63, 3.8) is 0 Å². The second kappa shape index (κ2) is 6.37. The highest BCUT2D eigenvalue weighted by molar-refractivity contribution is 5.83. The van der Waals surface area contributed by atoms with Crippen molar-refractivity contribution < 1.29 is 32.9 Å². The minimum atomic E-state index is -4.79. The van der Waals surface area contributed by atoms with E-state index in [1.165, 1.54) is 25.1 Å².